The van der Waals surface area contributed by atoms with Gasteiger partial charge in [0.05, 0.1) is 6.61 Å². The van der Waals surface area contributed by atoms with Crippen molar-refractivity contribution in [2.45, 2.75) is 13.0 Å². The van der Waals surface area contributed by atoms with Crippen molar-refractivity contribution >= 4 is 16.8 Å². The summed E-state index contributed by atoms with van der Waals surface area (Å²) in [6.07, 6.45) is 0.769. The molecule has 3 aromatic rings. The Morgan fingerprint density at radius 3 is 2.46 bits per heavy atom. The second-order valence-corrected chi connectivity index (χ2v) is 6.25. The van der Waals surface area contributed by atoms with Gasteiger partial charge < -0.3 is 15.3 Å². The average Bonchev–Trinajstić information content (AvgIpc) is 2.68. The molecular formula is C22H24N2O2. The maximum Gasteiger partial charge on any atom is 0.317 e. The van der Waals surface area contributed by atoms with E-state index in [2.05, 4.69) is 29.6 Å². The van der Waals surface area contributed by atoms with Crippen LogP contribution in [-0.2, 0) is 13.0 Å². The van der Waals surface area contributed by atoms with Crippen molar-refractivity contribution in [3.05, 3.63) is 83.9 Å². The smallest absolute Gasteiger partial charge is 0.317 e. The Labute approximate surface area is 154 Å². The van der Waals surface area contributed by atoms with Crippen molar-refractivity contribution in [3.63, 3.8) is 0 Å². The van der Waals surface area contributed by atoms with E-state index in [1.165, 1.54) is 16.3 Å². The zero-order valence-corrected chi connectivity index (χ0v) is 14.8. The molecule has 26 heavy (non-hydrogen) atoms. The molecule has 0 heterocycles. The van der Waals surface area contributed by atoms with Crippen LogP contribution in [0.2, 0.25) is 0 Å². The Kier molecular flexibility index (Phi) is 6.23. The minimum absolute atomic E-state index is 0.0520. The summed E-state index contributed by atoms with van der Waals surface area (Å²) in [7, 11) is 0. The van der Waals surface area contributed by atoms with Gasteiger partial charge in [-0.15, -0.1) is 0 Å². The van der Waals surface area contributed by atoms with Crippen LogP contribution in [0.25, 0.3) is 10.8 Å². The summed E-state index contributed by atoms with van der Waals surface area (Å²) in [4.78, 5) is 14.1. The maximum atomic E-state index is 12.5. The highest BCUT2D eigenvalue weighted by molar-refractivity contribution is 5.85. The van der Waals surface area contributed by atoms with Gasteiger partial charge in [0.15, 0.2) is 0 Å². The Bertz CT molecular complexity index is 844. The monoisotopic (exact) mass is 348 g/mol. The van der Waals surface area contributed by atoms with Crippen LogP contribution in [0.15, 0.2) is 72.8 Å². The summed E-state index contributed by atoms with van der Waals surface area (Å²) in [6.45, 7) is 1.31. The van der Waals surface area contributed by atoms with Gasteiger partial charge in [0.25, 0.3) is 0 Å². The van der Waals surface area contributed by atoms with Gasteiger partial charge in [-0.2, -0.15) is 0 Å². The molecule has 0 saturated carbocycles. The van der Waals surface area contributed by atoms with Crippen molar-refractivity contribution in [2.24, 2.45) is 0 Å². The number of urea groups is 1. The van der Waals surface area contributed by atoms with E-state index in [1.807, 2.05) is 48.5 Å². The molecule has 0 unspecified atom stereocenters. The fraction of sp³-hybridized carbons (Fsp3) is 0.227. The molecule has 0 aliphatic carbocycles. The van der Waals surface area contributed by atoms with Crippen molar-refractivity contribution in [2.75, 3.05) is 19.7 Å². The first-order chi connectivity index (χ1) is 12.8. The fourth-order valence-electron chi connectivity index (χ4n) is 3.10. The van der Waals surface area contributed by atoms with Crippen LogP contribution in [0.5, 0.6) is 0 Å². The van der Waals surface area contributed by atoms with E-state index in [0.717, 1.165) is 12.0 Å². The van der Waals surface area contributed by atoms with Crippen LogP contribution in [-0.4, -0.2) is 35.7 Å². The molecule has 0 fully saturated rings. The first kappa shape index (κ1) is 18.0. The molecule has 2 amide bonds. The number of hydrogen-bond donors (Lipinski definition) is 2. The lowest BCUT2D eigenvalue weighted by atomic mass is 10.0. The first-order valence-corrected chi connectivity index (χ1v) is 8.92. The number of carbonyl (C=O) groups is 1. The zero-order chi connectivity index (χ0) is 18.2. The number of fused-ring (bicyclic) bond motifs is 1. The molecule has 134 valence electrons. The lowest BCUT2D eigenvalue weighted by Gasteiger charge is -2.22. The molecule has 3 rings (SSSR count). The molecule has 0 saturated heterocycles. The summed E-state index contributed by atoms with van der Waals surface area (Å²) in [5.74, 6) is 0. The summed E-state index contributed by atoms with van der Waals surface area (Å²) >= 11 is 0. The van der Waals surface area contributed by atoms with Gasteiger partial charge in [0.1, 0.15) is 0 Å². The predicted octanol–water partition coefficient (Wildman–Crippen LogP) is 3.59. The minimum atomic E-state index is -0.150. The second-order valence-electron chi connectivity index (χ2n) is 6.25. The molecular weight excluding hydrogens is 324 g/mol. The highest BCUT2D eigenvalue weighted by atomic mass is 16.3. The van der Waals surface area contributed by atoms with Gasteiger partial charge in [-0.3, -0.25) is 0 Å². The van der Waals surface area contributed by atoms with E-state index >= 15 is 0 Å². The van der Waals surface area contributed by atoms with E-state index in [1.54, 1.807) is 4.90 Å². The third kappa shape index (κ3) is 4.61. The molecule has 4 heteroatoms. The van der Waals surface area contributed by atoms with Crippen LogP contribution >= 0.6 is 0 Å². The van der Waals surface area contributed by atoms with Crippen molar-refractivity contribution in [1.82, 2.24) is 10.2 Å². The number of benzene rings is 3. The molecule has 2 N–H and O–H groups in total. The third-order valence-corrected chi connectivity index (χ3v) is 4.42. The molecule has 4 nitrogen and oxygen atoms in total. The van der Waals surface area contributed by atoms with Crippen LogP contribution in [0.3, 0.4) is 0 Å². The minimum Gasteiger partial charge on any atom is -0.395 e. The van der Waals surface area contributed by atoms with E-state index in [0.29, 0.717) is 19.6 Å². The van der Waals surface area contributed by atoms with Gasteiger partial charge in [-0.25, -0.2) is 4.79 Å². The molecule has 0 aromatic heterocycles. The normalized spacial score (nSPS) is 10.7. The fourth-order valence-corrected chi connectivity index (χ4v) is 3.10. The van der Waals surface area contributed by atoms with Crippen LogP contribution in [0, 0.1) is 0 Å². The van der Waals surface area contributed by atoms with Crippen LogP contribution in [0.1, 0.15) is 11.1 Å². The molecule has 0 aliphatic heterocycles. The lowest BCUT2D eigenvalue weighted by molar-refractivity contribution is 0.174. The van der Waals surface area contributed by atoms with Crippen molar-refractivity contribution in [1.29, 1.82) is 0 Å². The average molecular weight is 348 g/mol. The highest BCUT2D eigenvalue weighted by Gasteiger charge is 2.13. The second kappa shape index (κ2) is 9.02. The molecule has 0 atom stereocenters. The Balaban J connectivity index is 1.59. The maximum absolute atomic E-state index is 12.5. The number of aliphatic hydroxyl groups is 1. The van der Waals surface area contributed by atoms with Crippen molar-refractivity contribution in [3.8, 4) is 0 Å². The van der Waals surface area contributed by atoms with Gasteiger partial charge in [0.2, 0.25) is 0 Å². The molecule has 0 spiro atoms. The van der Waals surface area contributed by atoms with Crippen LogP contribution in [0.4, 0.5) is 4.79 Å². The summed E-state index contributed by atoms with van der Waals surface area (Å²) in [5.41, 5.74) is 2.27. The Morgan fingerprint density at radius 2 is 1.65 bits per heavy atom. The highest BCUT2D eigenvalue weighted by Crippen LogP contribution is 2.18. The van der Waals surface area contributed by atoms with E-state index in [-0.39, 0.29) is 12.6 Å². The predicted molar refractivity (Wildman–Crippen MR) is 105 cm³/mol. The SMILES string of the molecule is O=C(NCCc1cccc2ccccc12)N(CCO)Cc1ccccc1. The molecule has 0 aliphatic rings. The standard InChI is InChI=1S/C22H24N2O2/c25-16-15-24(17-18-7-2-1-3-8-18)22(26)23-14-13-20-11-6-10-19-9-4-5-12-21(19)20/h1-12,25H,13-17H2,(H,23,26). The largest absolute Gasteiger partial charge is 0.395 e. The molecule has 0 bridgehead atoms. The van der Waals surface area contributed by atoms with Crippen LogP contribution < -0.4 is 5.32 Å². The lowest BCUT2D eigenvalue weighted by Crippen LogP contribution is -2.41. The number of amides is 2. The third-order valence-electron chi connectivity index (χ3n) is 4.42. The van der Waals surface area contributed by atoms with Gasteiger partial charge in [0, 0.05) is 19.6 Å². The van der Waals surface area contributed by atoms with E-state index in [4.69, 9.17) is 0 Å². The topological polar surface area (TPSA) is 52.6 Å². The molecule has 0 radical (unpaired) electrons. The summed E-state index contributed by atoms with van der Waals surface area (Å²) < 4.78 is 0. The number of rotatable bonds is 7. The molecule has 3 aromatic carbocycles. The number of carbonyl (C=O) groups excluding carboxylic acids is 1. The first-order valence-electron chi connectivity index (χ1n) is 8.92. The number of nitrogens with one attached hydrogen (secondary N) is 1. The summed E-state index contributed by atoms with van der Waals surface area (Å²) in [6, 6.07) is 24.2. The van der Waals surface area contributed by atoms with E-state index in [9.17, 15) is 9.90 Å². The Hall–Kier alpha value is -2.85. The van der Waals surface area contributed by atoms with Gasteiger partial charge in [-0.05, 0) is 28.3 Å². The quantitative estimate of drug-likeness (QED) is 0.686. The number of nitrogens with zero attached hydrogens (tertiary/aromatic N) is 1. The van der Waals surface area contributed by atoms with Gasteiger partial charge in [-0.1, -0.05) is 72.8 Å². The van der Waals surface area contributed by atoms with E-state index < -0.39 is 0 Å². The zero-order valence-electron chi connectivity index (χ0n) is 14.8. The number of hydrogen-bond acceptors (Lipinski definition) is 2. The number of aliphatic hydroxyl groups excluding tert-OH is 1. The van der Waals surface area contributed by atoms with Crippen molar-refractivity contribution < 1.29 is 9.90 Å². The van der Waals surface area contributed by atoms with Gasteiger partial charge >= 0.3 is 6.03 Å². The summed E-state index contributed by atoms with van der Waals surface area (Å²) in [5, 5.41) is 14.7. The Morgan fingerprint density at radius 1 is 0.923 bits per heavy atom.